The second-order valence-corrected chi connectivity index (χ2v) is 6.01. The van der Waals surface area contributed by atoms with E-state index in [1.807, 2.05) is 24.3 Å². The van der Waals surface area contributed by atoms with Gasteiger partial charge in [-0.3, -0.25) is 4.79 Å². The van der Waals surface area contributed by atoms with Crippen LogP contribution in [0.3, 0.4) is 0 Å². The molecule has 1 aromatic carbocycles. The summed E-state index contributed by atoms with van der Waals surface area (Å²) in [6.45, 7) is 5.62. The molecule has 1 rings (SSSR count). The fraction of sp³-hybridized carbons (Fsp3) is 0.550. The normalized spacial score (nSPS) is 10.9. The Morgan fingerprint density at radius 2 is 1.58 bits per heavy atom. The van der Waals surface area contributed by atoms with Crippen molar-refractivity contribution in [3.8, 4) is 0 Å². The Hall–Kier alpha value is -2.37. The number of benzene rings is 1. The molecule has 0 aliphatic carbocycles. The van der Waals surface area contributed by atoms with E-state index in [1.54, 1.807) is 13.8 Å². The molecule has 6 nitrogen and oxygen atoms in total. The third-order valence-electron chi connectivity index (χ3n) is 4.18. The number of nitrogens with one attached hydrogen (secondary N) is 1. The predicted molar refractivity (Wildman–Crippen MR) is 98.6 cm³/mol. The van der Waals surface area contributed by atoms with E-state index in [9.17, 15) is 14.4 Å². The van der Waals surface area contributed by atoms with E-state index in [-0.39, 0.29) is 19.6 Å². The van der Waals surface area contributed by atoms with Crippen LogP contribution in [0.25, 0.3) is 0 Å². The molecule has 0 spiro atoms. The average molecular weight is 363 g/mol. The van der Waals surface area contributed by atoms with Gasteiger partial charge in [-0.1, -0.05) is 44.0 Å². The maximum atomic E-state index is 12.6. The number of carbonyl (C=O) groups excluding carboxylic acids is 3. The standard InChI is InChI=1S/C20H29NO5/c1-4-7-8-11-16-12-9-10-13-17(16)14-20(21-15-22,18(23)25-5-2)19(24)26-6-3/h9-10,12-13,15H,4-8,11,14H2,1-3H3,(H,21,22). The van der Waals surface area contributed by atoms with Crippen LogP contribution in [0.2, 0.25) is 0 Å². The van der Waals surface area contributed by atoms with Crippen molar-refractivity contribution in [3.63, 3.8) is 0 Å². The summed E-state index contributed by atoms with van der Waals surface area (Å²) in [5.41, 5.74) is -0.0140. The fourth-order valence-corrected chi connectivity index (χ4v) is 2.83. The number of amides is 1. The van der Waals surface area contributed by atoms with Gasteiger partial charge in [-0.05, 0) is 37.8 Å². The van der Waals surface area contributed by atoms with E-state index < -0.39 is 17.5 Å². The topological polar surface area (TPSA) is 81.7 Å². The molecular formula is C20H29NO5. The maximum Gasteiger partial charge on any atom is 0.344 e. The highest BCUT2D eigenvalue weighted by Gasteiger charge is 2.49. The molecule has 0 radical (unpaired) electrons. The Bertz CT molecular complexity index is 582. The van der Waals surface area contributed by atoms with Gasteiger partial charge in [-0.15, -0.1) is 0 Å². The van der Waals surface area contributed by atoms with Crippen LogP contribution in [0.15, 0.2) is 24.3 Å². The molecule has 6 heteroatoms. The maximum absolute atomic E-state index is 12.6. The van der Waals surface area contributed by atoms with Crippen LogP contribution in [0.5, 0.6) is 0 Å². The highest BCUT2D eigenvalue weighted by atomic mass is 16.6. The Morgan fingerprint density at radius 3 is 2.08 bits per heavy atom. The Balaban J connectivity index is 3.25. The van der Waals surface area contributed by atoms with Crippen LogP contribution >= 0.6 is 0 Å². The minimum Gasteiger partial charge on any atom is -0.464 e. The second-order valence-electron chi connectivity index (χ2n) is 6.01. The molecule has 0 bridgehead atoms. The van der Waals surface area contributed by atoms with Crippen LogP contribution in [0.4, 0.5) is 0 Å². The number of rotatable bonds is 12. The quantitative estimate of drug-likeness (QED) is 0.267. The summed E-state index contributed by atoms with van der Waals surface area (Å²) in [6, 6.07) is 7.61. The van der Waals surface area contributed by atoms with Gasteiger partial charge in [0.25, 0.3) is 0 Å². The number of hydrogen-bond donors (Lipinski definition) is 1. The number of esters is 2. The van der Waals surface area contributed by atoms with Crippen molar-refractivity contribution in [1.82, 2.24) is 5.32 Å². The molecule has 0 fully saturated rings. The molecule has 1 aromatic rings. The molecule has 0 saturated heterocycles. The summed E-state index contributed by atoms with van der Waals surface area (Å²) < 4.78 is 10.2. The minimum atomic E-state index is -1.88. The Labute approximate surface area is 155 Å². The lowest BCUT2D eigenvalue weighted by atomic mass is 9.87. The summed E-state index contributed by atoms with van der Waals surface area (Å²) in [7, 11) is 0. The molecule has 1 amide bonds. The molecular weight excluding hydrogens is 334 g/mol. The van der Waals surface area contributed by atoms with E-state index in [4.69, 9.17) is 9.47 Å². The zero-order valence-corrected chi connectivity index (χ0v) is 15.9. The first kappa shape index (κ1) is 21.7. The number of unbranched alkanes of at least 4 members (excludes halogenated alkanes) is 2. The van der Waals surface area contributed by atoms with Gasteiger partial charge in [-0.25, -0.2) is 9.59 Å². The number of ether oxygens (including phenoxy) is 2. The number of carbonyl (C=O) groups is 3. The highest BCUT2D eigenvalue weighted by Crippen LogP contribution is 2.22. The predicted octanol–water partition coefficient (Wildman–Crippen LogP) is 2.57. The zero-order chi connectivity index (χ0) is 19.4. The molecule has 0 aromatic heterocycles. The van der Waals surface area contributed by atoms with Crippen LogP contribution in [0.1, 0.15) is 51.2 Å². The zero-order valence-electron chi connectivity index (χ0n) is 15.9. The Kier molecular flexibility index (Phi) is 9.41. The Morgan fingerprint density at radius 1 is 1.00 bits per heavy atom. The largest absolute Gasteiger partial charge is 0.464 e. The summed E-state index contributed by atoms with van der Waals surface area (Å²) >= 11 is 0. The van der Waals surface area contributed by atoms with Crippen molar-refractivity contribution >= 4 is 18.3 Å². The lowest BCUT2D eigenvalue weighted by Crippen LogP contribution is -2.61. The van der Waals surface area contributed by atoms with Crippen molar-refractivity contribution in [1.29, 1.82) is 0 Å². The van der Waals surface area contributed by atoms with Crippen molar-refractivity contribution in [2.24, 2.45) is 0 Å². The summed E-state index contributed by atoms with van der Waals surface area (Å²) in [6.07, 6.45) is 4.39. The molecule has 0 atom stereocenters. The van der Waals surface area contributed by atoms with Gasteiger partial charge >= 0.3 is 11.9 Å². The molecule has 0 aliphatic rings. The van der Waals surface area contributed by atoms with E-state index in [2.05, 4.69) is 12.2 Å². The lowest BCUT2D eigenvalue weighted by Gasteiger charge is -2.29. The van der Waals surface area contributed by atoms with Crippen molar-refractivity contribution in [3.05, 3.63) is 35.4 Å². The molecule has 0 heterocycles. The van der Waals surface area contributed by atoms with Crippen LogP contribution in [0, 0.1) is 0 Å². The van der Waals surface area contributed by atoms with Gasteiger partial charge in [0.1, 0.15) is 0 Å². The van der Waals surface area contributed by atoms with Gasteiger partial charge in [0.05, 0.1) is 13.2 Å². The molecule has 0 unspecified atom stereocenters. The minimum absolute atomic E-state index is 0.00823. The van der Waals surface area contributed by atoms with Crippen LogP contribution in [-0.4, -0.2) is 37.1 Å². The summed E-state index contributed by atoms with van der Waals surface area (Å²) in [5.74, 6) is -1.62. The van der Waals surface area contributed by atoms with E-state index >= 15 is 0 Å². The fourth-order valence-electron chi connectivity index (χ4n) is 2.83. The third kappa shape index (κ3) is 5.58. The van der Waals surface area contributed by atoms with Gasteiger partial charge in [-0.2, -0.15) is 0 Å². The first-order chi connectivity index (χ1) is 12.6. The van der Waals surface area contributed by atoms with Crippen molar-refractivity contribution < 1.29 is 23.9 Å². The van der Waals surface area contributed by atoms with Crippen LogP contribution < -0.4 is 5.32 Å². The van der Waals surface area contributed by atoms with Gasteiger partial charge in [0.2, 0.25) is 11.9 Å². The molecule has 26 heavy (non-hydrogen) atoms. The second kappa shape index (κ2) is 11.3. The molecule has 0 saturated carbocycles. The van der Waals surface area contributed by atoms with E-state index in [1.165, 1.54) is 0 Å². The van der Waals surface area contributed by atoms with E-state index in [0.29, 0.717) is 6.41 Å². The summed E-state index contributed by atoms with van der Waals surface area (Å²) in [5, 5.41) is 2.38. The smallest absolute Gasteiger partial charge is 0.344 e. The highest BCUT2D eigenvalue weighted by molar-refractivity contribution is 6.06. The van der Waals surface area contributed by atoms with Crippen molar-refractivity contribution in [2.45, 2.75) is 58.4 Å². The van der Waals surface area contributed by atoms with Crippen LogP contribution in [-0.2, 0) is 36.7 Å². The van der Waals surface area contributed by atoms with Gasteiger partial charge < -0.3 is 14.8 Å². The first-order valence-corrected chi connectivity index (χ1v) is 9.18. The summed E-state index contributed by atoms with van der Waals surface area (Å²) in [4.78, 5) is 36.4. The SMILES string of the molecule is CCCCCc1ccccc1CC(NC=O)(C(=O)OCC)C(=O)OCC. The molecule has 0 aliphatic heterocycles. The van der Waals surface area contributed by atoms with Gasteiger partial charge in [0, 0.05) is 6.42 Å². The lowest BCUT2D eigenvalue weighted by molar-refractivity contribution is -0.167. The molecule has 1 N–H and O–H groups in total. The number of aryl methyl sites for hydroxylation is 1. The van der Waals surface area contributed by atoms with E-state index in [0.717, 1.165) is 36.8 Å². The monoisotopic (exact) mass is 363 g/mol. The first-order valence-electron chi connectivity index (χ1n) is 9.18. The van der Waals surface area contributed by atoms with Gasteiger partial charge in [0.15, 0.2) is 0 Å². The average Bonchev–Trinajstić information content (AvgIpc) is 2.63. The number of hydrogen-bond acceptors (Lipinski definition) is 5. The van der Waals surface area contributed by atoms with Crippen molar-refractivity contribution in [2.75, 3.05) is 13.2 Å². The molecule has 144 valence electrons. The third-order valence-corrected chi connectivity index (χ3v) is 4.18.